The number of hydrogen-bond donors (Lipinski definition) is 2. The molecule has 0 aliphatic rings. The number of carbonyl (C=O) groups is 1. The van der Waals surface area contributed by atoms with Crippen LogP contribution in [-0.2, 0) is 17.6 Å². The van der Waals surface area contributed by atoms with Crippen LogP contribution in [0, 0.1) is 13.8 Å². The Hall–Kier alpha value is -3.29. The van der Waals surface area contributed by atoms with Gasteiger partial charge < -0.3 is 10.3 Å². The van der Waals surface area contributed by atoms with Crippen LogP contribution < -0.4 is 5.32 Å². The van der Waals surface area contributed by atoms with E-state index in [1.807, 2.05) is 38.1 Å². The molecule has 2 N–H and O–H groups in total. The van der Waals surface area contributed by atoms with Gasteiger partial charge in [-0.3, -0.25) is 4.79 Å². The van der Waals surface area contributed by atoms with E-state index >= 15 is 0 Å². The fourth-order valence-corrected chi connectivity index (χ4v) is 3.23. The molecule has 144 valence electrons. The summed E-state index contributed by atoms with van der Waals surface area (Å²) in [6, 6.07) is 7.61. The van der Waals surface area contributed by atoms with Crippen LogP contribution in [-0.4, -0.2) is 35.5 Å². The average Bonchev–Trinajstić information content (AvgIpc) is 3.22. The number of aryl methyl sites for hydroxylation is 3. The molecule has 0 spiro atoms. The van der Waals surface area contributed by atoms with Crippen molar-refractivity contribution < 1.29 is 4.79 Å². The molecule has 0 aliphatic carbocycles. The normalized spacial score (nSPS) is 11.4. The summed E-state index contributed by atoms with van der Waals surface area (Å²) in [5, 5.41) is 7.29. The Morgan fingerprint density at radius 2 is 2.04 bits per heavy atom. The Bertz CT molecular complexity index is 1160. The first kappa shape index (κ1) is 18.1. The van der Waals surface area contributed by atoms with Crippen molar-refractivity contribution in [2.75, 3.05) is 5.32 Å². The number of aromatic amines is 1. The second-order valence-corrected chi connectivity index (χ2v) is 7.02. The van der Waals surface area contributed by atoms with Crippen LogP contribution >= 0.6 is 0 Å². The number of nitrogens with one attached hydrogen (secondary N) is 2. The molecule has 3 aromatic heterocycles. The van der Waals surface area contributed by atoms with Crippen molar-refractivity contribution in [1.29, 1.82) is 0 Å². The average molecular weight is 377 g/mol. The van der Waals surface area contributed by atoms with Crippen molar-refractivity contribution in [3.63, 3.8) is 0 Å². The van der Waals surface area contributed by atoms with Crippen molar-refractivity contribution in [2.24, 2.45) is 0 Å². The molecule has 0 aliphatic heterocycles. The van der Waals surface area contributed by atoms with Crippen molar-refractivity contribution in [3.8, 4) is 0 Å². The number of H-pyrrole nitrogens is 1. The highest BCUT2D eigenvalue weighted by Crippen LogP contribution is 2.18. The molecule has 4 rings (SSSR count). The zero-order valence-corrected chi connectivity index (χ0v) is 16.3. The number of imidazole rings is 1. The topological polar surface area (TPSA) is 101 Å². The number of carbonyl (C=O) groups excluding carboxylic acids is 1. The van der Waals surface area contributed by atoms with Gasteiger partial charge >= 0.3 is 0 Å². The number of rotatable bonds is 6. The summed E-state index contributed by atoms with van der Waals surface area (Å²) in [7, 11) is 0. The van der Waals surface area contributed by atoms with E-state index in [-0.39, 0.29) is 12.3 Å². The first-order valence-electron chi connectivity index (χ1n) is 9.50. The Kier molecular flexibility index (Phi) is 4.77. The van der Waals surface area contributed by atoms with Crippen LogP contribution in [0.15, 0.2) is 24.3 Å². The van der Waals surface area contributed by atoms with E-state index in [1.54, 1.807) is 4.52 Å². The lowest BCUT2D eigenvalue weighted by atomic mass is 10.2. The highest BCUT2D eigenvalue weighted by molar-refractivity contribution is 5.94. The largest absolute Gasteiger partial charge is 0.342 e. The molecule has 0 saturated heterocycles. The number of aromatic nitrogens is 6. The van der Waals surface area contributed by atoms with Gasteiger partial charge in [0, 0.05) is 23.5 Å². The maximum absolute atomic E-state index is 12.4. The molecule has 4 aromatic rings. The van der Waals surface area contributed by atoms with Crippen molar-refractivity contribution >= 4 is 28.4 Å². The van der Waals surface area contributed by atoms with Gasteiger partial charge in [0.25, 0.3) is 5.78 Å². The highest BCUT2D eigenvalue weighted by atomic mass is 16.1. The van der Waals surface area contributed by atoms with Gasteiger partial charge in [-0.1, -0.05) is 13.3 Å². The smallest absolute Gasteiger partial charge is 0.252 e. The Labute approximate surface area is 162 Å². The molecule has 8 nitrogen and oxygen atoms in total. The van der Waals surface area contributed by atoms with E-state index in [0.717, 1.165) is 53.2 Å². The minimum atomic E-state index is -0.171. The van der Waals surface area contributed by atoms with Crippen molar-refractivity contribution in [2.45, 2.75) is 46.5 Å². The van der Waals surface area contributed by atoms with Gasteiger partial charge in [0.2, 0.25) is 5.91 Å². The van der Waals surface area contributed by atoms with E-state index in [0.29, 0.717) is 11.6 Å². The van der Waals surface area contributed by atoms with Crippen molar-refractivity contribution in [1.82, 2.24) is 29.5 Å². The third-order valence-corrected chi connectivity index (χ3v) is 4.56. The molecule has 1 aromatic carbocycles. The summed E-state index contributed by atoms with van der Waals surface area (Å²) >= 11 is 0. The monoisotopic (exact) mass is 377 g/mol. The predicted octanol–water partition coefficient (Wildman–Crippen LogP) is 3.14. The summed E-state index contributed by atoms with van der Waals surface area (Å²) in [4.78, 5) is 29.1. The molecule has 0 saturated carbocycles. The van der Waals surface area contributed by atoms with Gasteiger partial charge in [-0.05, 0) is 44.5 Å². The second-order valence-electron chi connectivity index (χ2n) is 7.02. The molecule has 1 amide bonds. The van der Waals surface area contributed by atoms with Crippen molar-refractivity contribution in [3.05, 3.63) is 47.3 Å². The number of hydrogen-bond acceptors (Lipinski definition) is 5. The fourth-order valence-electron chi connectivity index (χ4n) is 3.23. The summed E-state index contributed by atoms with van der Waals surface area (Å²) < 4.78 is 1.66. The summed E-state index contributed by atoms with van der Waals surface area (Å²) in [6.45, 7) is 6.01. The molecule has 0 fully saturated rings. The lowest BCUT2D eigenvalue weighted by molar-refractivity contribution is -0.115. The molecule has 0 atom stereocenters. The molecule has 28 heavy (non-hydrogen) atoms. The minimum absolute atomic E-state index is 0.0879. The SMILES string of the molecule is CCCCc1nc2ccc(NC(=O)Cc3nc4nc(C)cc(C)n4n3)cc2[nH]1. The van der Waals surface area contributed by atoms with Crippen LogP contribution in [0.5, 0.6) is 0 Å². The highest BCUT2D eigenvalue weighted by Gasteiger charge is 2.12. The van der Waals surface area contributed by atoms with Crippen LogP contribution in [0.2, 0.25) is 0 Å². The minimum Gasteiger partial charge on any atom is -0.342 e. The Morgan fingerprint density at radius 1 is 1.18 bits per heavy atom. The zero-order chi connectivity index (χ0) is 19.7. The van der Waals surface area contributed by atoms with Crippen LogP contribution in [0.3, 0.4) is 0 Å². The van der Waals surface area contributed by atoms with Gasteiger partial charge in [-0.25, -0.2) is 14.5 Å². The number of fused-ring (bicyclic) bond motifs is 2. The van der Waals surface area contributed by atoms with E-state index in [4.69, 9.17) is 0 Å². The van der Waals surface area contributed by atoms with Gasteiger partial charge in [0.05, 0.1) is 17.5 Å². The molecule has 0 bridgehead atoms. The number of anilines is 1. The van der Waals surface area contributed by atoms with E-state index < -0.39 is 0 Å². The third kappa shape index (κ3) is 3.71. The molecular weight excluding hydrogens is 354 g/mol. The lowest BCUT2D eigenvalue weighted by Crippen LogP contribution is -2.15. The molecule has 0 radical (unpaired) electrons. The van der Waals surface area contributed by atoms with E-state index in [1.165, 1.54) is 0 Å². The molecule has 8 heteroatoms. The summed E-state index contributed by atoms with van der Waals surface area (Å²) in [5.41, 5.74) is 4.36. The molecule has 3 heterocycles. The number of nitrogens with zero attached hydrogens (tertiary/aromatic N) is 5. The first-order valence-corrected chi connectivity index (χ1v) is 9.50. The van der Waals surface area contributed by atoms with E-state index in [2.05, 4.69) is 37.3 Å². The van der Waals surface area contributed by atoms with Crippen LogP contribution in [0.25, 0.3) is 16.8 Å². The Morgan fingerprint density at radius 3 is 2.86 bits per heavy atom. The maximum atomic E-state index is 12.4. The summed E-state index contributed by atoms with van der Waals surface area (Å²) in [6.07, 6.45) is 3.25. The van der Waals surface area contributed by atoms with E-state index in [9.17, 15) is 4.79 Å². The molecular formula is C20H23N7O. The van der Waals surface area contributed by atoms with Gasteiger partial charge in [0.15, 0.2) is 5.82 Å². The van der Waals surface area contributed by atoms with Gasteiger partial charge in [-0.2, -0.15) is 4.98 Å². The maximum Gasteiger partial charge on any atom is 0.252 e. The first-order chi connectivity index (χ1) is 13.5. The van der Waals surface area contributed by atoms with Crippen LogP contribution in [0.1, 0.15) is 42.8 Å². The van der Waals surface area contributed by atoms with Gasteiger partial charge in [-0.15, -0.1) is 5.10 Å². The zero-order valence-electron chi connectivity index (χ0n) is 16.3. The predicted molar refractivity (Wildman–Crippen MR) is 107 cm³/mol. The third-order valence-electron chi connectivity index (χ3n) is 4.56. The number of amides is 1. The quantitative estimate of drug-likeness (QED) is 0.537. The lowest BCUT2D eigenvalue weighted by Gasteiger charge is -2.03. The van der Waals surface area contributed by atoms with Gasteiger partial charge in [0.1, 0.15) is 5.82 Å². The number of benzene rings is 1. The van der Waals surface area contributed by atoms with Crippen LogP contribution in [0.4, 0.5) is 5.69 Å². The fraction of sp³-hybridized carbons (Fsp3) is 0.350. The number of unbranched alkanes of at least 4 members (excludes halogenated alkanes) is 1. The Balaban J connectivity index is 1.48. The standard InChI is InChI=1S/C20H23N7O/c1-4-5-6-17-23-15-8-7-14(10-16(15)24-17)22-19(28)11-18-25-20-21-12(2)9-13(3)27(20)26-18/h7-10H,4-6,11H2,1-3H3,(H,22,28)(H,23,24). The second kappa shape index (κ2) is 7.38. The molecule has 0 unspecified atom stereocenters. The summed E-state index contributed by atoms with van der Waals surface area (Å²) in [5.74, 6) is 1.77.